The molecule has 0 unspecified atom stereocenters. The molecule has 0 radical (unpaired) electrons. The standard InChI is InChI=1S/C17H17N3O2/c1-21-13-9-8-12(10-14(13)22-2)15-16(19-20-17(15)18)11-6-4-3-5-7-11/h3-10H,1-2H3,(H3,18,19,20). The van der Waals surface area contributed by atoms with Crippen molar-refractivity contribution in [3.8, 4) is 33.9 Å². The van der Waals surface area contributed by atoms with Crippen LogP contribution in [-0.2, 0) is 0 Å². The van der Waals surface area contributed by atoms with Gasteiger partial charge in [0.25, 0.3) is 0 Å². The van der Waals surface area contributed by atoms with Gasteiger partial charge in [-0.2, -0.15) is 5.10 Å². The molecule has 0 saturated carbocycles. The van der Waals surface area contributed by atoms with Crippen molar-refractivity contribution in [2.24, 2.45) is 0 Å². The number of anilines is 1. The van der Waals surface area contributed by atoms with Crippen LogP contribution in [0.15, 0.2) is 48.5 Å². The van der Waals surface area contributed by atoms with Crippen molar-refractivity contribution in [1.29, 1.82) is 0 Å². The fraction of sp³-hybridized carbons (Fsp3) is 0.118. The van der Waals surface area contributed by atoms with Gasteiger partial charge in [-0.1, -0.05) is 36.4 Å². The van der Waals surface area contributed by atoms with Gasteiger partial charge in [0.1, 0.15) is 0 Å². The molecule has 0 spiro atoms. The second kappa shape index (κ2) is 5.81. The Balaban J connectivity index is 2.15. The van der Waals surface area contributed by atoms with Gasteiger partial charge in [0.05, 0.1) is 25.5 Å². The number of nitrogens with two attached hydrogens (primary N) is 1. The number of ether oxygens (including phenoxy) is 2. The molecule has 1 aromatic heterocycles. The zero-order valence-electron chi connectivity index (χ0n) is 12.5. The van der Waals surface area contributed by atoms with Gasteiger partial charge in [-0.15, -0.1) is 0 Å². The molecule has 0 aliphatic carbocycles. The summed E-state index contributed by atoms with van der Waals surface area (Å²) >= 11 is 0. The van der Waals surface area contributed by atoms with Gasteiger partial charge in [0, 0.05) is 5.56 Å². The molecule has 0 saturated heterocycles. The summed E-state index contributed by atoms with van der Waals surface area (Å²) in [5.74, 6) is 1.78. The molecule has 0 aliphatic heterocycles. The molecule has 1 heterocycles. The van der Waals surface area contributed by atoms with Crippen molar-refractivity contribution in [2.75, 3.05) is 20.0 Å². The minimum Gasteiger partial charge on any atom is -0.493 e. The van der Waals surface area contributed by atoms with Gasteiger partial charge in [0.2, 0.25) is 0 Å². The Morgan fingerprint density at radius 1 is 0.909 bits per heavy atom. The Labute approximate surface area is 128 Å². The molecule has 0 amide bonds. The molecule has 112 valence electrons. The minimum atomic E-state index is 0.450. The van der Waals surface area contributed by atoms with E-state index in [1.165, 1.54) is 0 Å². The maximum absolute atomic E-state index is 6.06. The first-order valence-electron chi connectivity index (χ1n) is 6.86. The van der Waals surface area contributed by atoms with Crippen molar-refractivity contribution >= 4 is 5.82 Å². The molecule has 5 nitrogen and oxygen atoms in total. The number of aromatic nitrogens is 2. The normalized spacial score (nSPS) is 10.5. The zero-order chi connectivity index (χ0) is 15.5. The van der Waals surface area contributed by atoms with Crippen molar-refractivity contribution < 1.29 is 9.47 Å². The fourth-order valence-corrected chi connectivity index (χ4v) is 2.45. The lowest BCUT2D eigenvalue weighted by Crippen LogP contribution is -1.93. The number of nitrogens with one attached hydrogen (secondary N) is 1. The summed E-state index contributed by atoms with van der Waals surface area (Å²) in [4.78, 5) is 0. The Morgan fingerprint density at radius 2 is 1.64 bits per heavy atom. The number of benzene rings is 2. The Bertz CT molecular complexity index is 782. The van der Waals surface area contributed by atoms with Crippen LogP contribution >= 0.6 is 0 Å². The topological polar surface area (TPSA) is 73.2 Å². The van der Waals surface area contributed by atoms with Crippen LogP contribution in [-0.4, -0.2) is 24.4 Å². The predicted molar refractivity (Wildman–Crippen MR) is 87.0 cm³/mol. The third kappa shape index (κ3) is 2.37. The highest BCUT2D eigenvalue weighted by molar-refractivity contribution is 5.88. The van der Waals surface area contributed by atoms with Crippen molar-refractivity contribution in [1.82, 2.24) is 10.2 Å². The molecule has 3 aromatic rings. The van der Waals surface area contributed by atoms with Crippen molar-refractivity contribution in [2.45, 2.75) is 0 Å². The second-order valence-electron chi connectivity index (χ2n) is 4.79. The summed E-state index contributed by atoms with van der Waals surface area (Å²) in [7, 11) is 3.22. The summed E-state index contributed by atoms with van der Waals surface area (Å²) in [6, 6.07) is 15.6. The van der Waals surface area contributed by atoms with Crippen LogP contribution in [0, 0.1) is 0 Å². The molecule has 5 heteroatoms. The molecular formula is C17H17N3O2. The largest absolute Gasteiger partial charge is 0.493 e. The molecule has 0 fully saturated rings. The number of hydrogen-bond donors (Lipinski definition) is 2. The van der Waals surface area contributed by atoms with Crippen LogP contribution < -0.4 is 15.2 Å². The molecule has 22 heavy (non-hydrogen) atoms. The van der Waals surface area contributed by atoms with E-state index in [9.17, 15) is 0 Å². The smallest absolute Gasteiger partial charge is 0.161 e. The number of aromatic amines is 1. The summed E-state index contributed by atoms with van der Waals surface area (Å²) in [6.07, 6.45) is 0. The van der Waals surface area contributed by atoms with E-state index >= 15 is 0 Å². The Hall–Kier alpha value is -2.95. The van der Waals surface area contributed by atoms with Gasteiger partial charge in [-0.3, -0.25) is 5.10 Å². The highest BCUT2D eigenvalue weighted by Gasteiger charge is 2.16. The second-order valence-corrected chi connectivity index (χ2v) is 4.79. The van der Waals surface area contributed by atoms with E-state index in [-0.39, 0.29) is 0 Å². The number of hydrogen-bond acceptors (Lipinski definition) is 4. The number of nitrogen functional groups attached to an aromatic ring is 1. The van der Waals surface area contributed by atoms with E-state index in [1.807, 2.05) is 48.5 Å². The Morgan fingerprint density at radius 3 is 2.32 bits per heavy atom. The van der Waals surface area contributed by atoms with Crippen LogP contribution in [0.1, 0.15) is 0 Å². The van der Waals surface area contributed by atoms with Crippen LogP contribution in [0.3, 0.4) is 0 Å². The third-order valence-electron chi connectivity index (χ3n) is 3.53. The van der Waals surface area contributed by atoms with Crippen LogP contribution in [0.25, 0.3) is 22.4 Å². The van der Waals surface area contributed by atoms with Gasteiger partial charge >= 0.3 is 0 Å². The molecule has 0 aliphatic rings. The van der Waals surface area contributed by atoms with Gasteiger partial charge in [0.15, 0.2) is 17.3 Å². The lowest BCUT2D eigenvalue weighted by molar-refractivity contribution is 0.355. The maximum Gasteiger partial charge on any atom is 0.161 e. The van der Waals surface area contributed by atoms with E-state index in [4.69, 9.17) is 15.2 Å². The monoisotopic (exact) mass is 295 g/mol. The average Bonchev–Trinajstić information content (AvgIpc) is 2.96. The van der Waals surface area contributed by atoms with Gasteiger partial charge < -0.3 is 15.2 Å². The number of rotatable bonds is 4. The summed E-state index contributed by atoms with van der Waals surface area (Å²) < 4.78 is 10.6. The third-order valence-corrected chi connectivity index (χ3v) is 3.53. The van der Waals surface area contributed by atoms with E-state index in [0.29, 0.717) is 17.3 Å². The highest BCUT2D eigenvalue weighted by Crippen LogP contribution is 2.38. The fourth-order valence-electron chi connectivity index (χ4n) is 2.45. The summed E-state index contributed by atoms with van der Waals surface area (Å²) in [5, 5.41) is 7.16. The molecule has 3 rings (SSSR count). The molecule has 2 aromatic carbocycles. The SMILES string of the molecule is COc1ccc(-c2c(N)n[nH]c2-c2ccccc2)cc1OC. The molecule has 0 bridgehead atoms. The maximum atomic E-state index is 6.06. The van der Waals surface area contributed by atoms with E-state index < -0.39 is 0 Å². The van der Waals surface area contributed by atoms with Crippen molar-refractivity contribution in [3.05, 3.63) is 48.5 Å². The lowest BCUT2D eigenvalue weighted by atomic mass is 10.0. The lowest BCUT2D eigenvalue weighted by Gasteiger charge is -2.10. The minimum absolute atomic E-state index is 0.450. The Kier molecular flexibility index (Phi) is 3.70. The van der Waals surface area contributed by atoms with Crippen molar-refractivity contribution in [3.63, 3.8) is 0 Å². The predicted octanol–water partition coefficient (Wildman–Crippen LogP) is 3.34. The number of nitrogens with zero attached hydrogens (tertiary/aromatic N) is 1. The quantitative estimate of drug-likeness (QED) is 0.774. The average molecular weight is 295 g/mol. The first-order chi connectivity index (χ1) is 10.7. The first-order valence-corrected chi connectivity index (χ1v) is 6.86. The van der Waals surface area contributed by atoms with Crippen LogP contribution in [0.5, 0.6) is 11.5 Å². The van der Waals surface area contributed by atoms with E-state index in [2.05, 4.69) is 10.2 Å². The summed E-state index contributed by atoms with van der Waals surface area (Å²) in [5.41, 5.74) is 9.74. The summed E-state index contributed by atoms with van der Waals surface area (Å²) in [6.45, 7) is 0. The highest BCUT2D eigenvalue weighted by atomic mass is 16.5. The van der Waals surface area contributed by atoms with E-state index in [1.54, 1.807) is 14.2 Å². The van der Waals surface area contributed by atoms with Gasteiger partial charge in [-0.05, 0) is 17.7 Å². The van der Waals surface area contributed by atoms with Crippen LogP contribution in [0.2, 0.25) is 0 Å². The molecular weight excluding hydrogens is 278 g/mol. The zero-order valence-corrected chi connectivity index (χ0v) is 12.5. The van der Waals surface area contributed by atoms with Gasteiger partial charge in [-0.25, -0.2) is 0 Å². The number of H-pyrrole nitrogens is 1. The van der Waals surface area contributed by atoms with E-state index in [0.717, 1.165) is 22.4 Å². The first kappa shape index (κ1) is 14.0. The molecule has 3 N–H and O–H groups in total. The molecule has 0 atom stereocenters. The van der Waals surface area contributed by atoms with Crippen LogP contribution in [0.4, 0.5) is 5.82 Å². The number of methoxy groups -OCH3 is 2.